The number of nitrogens with zero attached hydrogens (tertiary/aromatic N) is 2. The molecule has 1 aliphatic rings. The molecule has 1 heterocycles. The molecule has 1 amide bonds. The Balaban J connectivity index is 1.28. The standard InChI is InChI=1S/C25H26N2O2/c28-25(27-18-16-26(17-19-27)22-11-5-2-6-12-22)15-20-29-24-14-8-7-13-23(24)21-9-3-1-4-10-21/h1-14H,15-20H2. The van der Waals surface area contributed by atoms with Crippen LogP contribution in [0.5, 0.6) is 5.75 Å². The monoisotopic (exact) mass is 386 g/mol. The molecular formula is C25H26N2O2. The van der Waals surface area contributed by atoms with Crippen molar-refractivity contribution in [1.29, 1.82) is 0 Å². The van der Waals surface area contributed by atoms with Crippen molar-refractivity contribution >= 4 is 11.6 Å². The second kappa shape index (κ2) is 9.28. The Bertz CT molecular complexity index is 920. The maximum Gasteiger partial charge on any atom is 0.226 e. The van der Waals surface area contributed by atoms with Crippen LogP contribution in [-0.2, 0) is 4.79 Å². The van der Waals surface area contributed by atoms with Crippen molar-refractivity contribution in [2.24, 2.45) is 0 Å². The number of anilines is 1. The molecule has 4 heteroatoms. The summed E-state index contributed by atoms with van der Waals surface area (Å²) in [7, 11) is 0. The van der Waals surface area contributed by atoms with Crippen LogP contribution in [0.25, 0.3) is 11.1 Å². The second-order valence-electron chi connectivity index (χ2n) is 7.16. The van der Waals surface area contributed by atoms with Gasteiger partial charge in [-0.3, -0.25) is 4.79 Å². The zero-order chi connectivity index (χ0) is 19.9. The van der Waals surface area contributed by atoms with Crippen molar-refractivity contribution in [3.05, 3.63) is 84.9 Å². The van der Waals surface area contributed by atoms with Gasteiger partial charge in [0.2, 0.25) is 5.91 Å². The topological polar surface area (TPSA) is 32.8 Å². The molecule has 0 saturated carbocycles. The van der Waals surface area contributed by atoms with E-state index in [1.54, 1.807) is 0 Å². The number of ether oxygens (including phenoxy) is 1. The minimum Gasteiger partial charge on any atom is -0.492 e. The number of benzene rings is 3. The number of para-hydroxylation sites is 2. The number of hydrogen-bond acceptors (Lipinski definition) is 3. The number of carbonyl (C=O) groups excluding carboxylic acids is 1. The van der Waals surface area contributed by atoms with Gasteiger partial charge in [-0.1, -0.05) is 66.7 Å². The quantitative estimate of drug-likeness (QED) is 0.627. The van der Waals surface area contributed by atoms with Gasteiger partial charge in [0.05, 0.1) is 13.0 Å². The number of hydrogen-bond donors (Lipinski definition) is 0. The molecule has 0 atom stereocenters. The van der Waals surface area contributed by atoms with Gasteiger partial charge in [-0.2, -0.15) is 0 Å². The largest absolute Gasteiger partial charge is 0.492 e. The first-order chi connectivity index (χ1) is 14.3. The van der Waals surface area contributed by atoms with Crippen LogP contribution in [-0.4, -0.2) is 43.6 Å². The van der Waals surface area contributed by atoms with Gasteiger partial charge in [0.1, 0.15) is 5.75 Å². The third-order valence-electron chi connectivity index (χ3n) is 5.30. The van der Waals surface area contributed by atoms with Crippen molar-refractivity contribution < 1.29 is 9.53 Å². The van der Waals surface area contributed by atoms with Crippen LogP contribution >= 0.6 is 0 Å². The summed E-state index contributed by atoms with van der Waals surface area (Å²) < 4.78 is 5.99. The van der Waals surface area contributed by atoms with E-state index in [0.717, 1.165) is 43.1 Å². The molecule has 148 valence electrons. The summed E-state index contributed by atoms with van der Waals surface area (Å²) in [4.78, 5) is 16.9. The van der Waals surface area contributed by atoms with Crippen molar-refractivity contribution in [2.45, 2.75) is 6.42 Å². The van der Waals surface area contributed by atoms with Gasteiger partial charge in [-0.05, 0) is 23.8 Å². The van der Waals surface area contributed by atoms with Gasteiger partial charge < -0.3 is 14.5 Å². The van der Waals surface area contributed by atoms with Crippen LogP contribution in [0.15, 0.2) is 84.9 Å². The molecule has 1 aliphatic heterocycles. The Morgan fingerprint density at radius 3 is 2.10 bits per heavy atom. The molecule has 0 bridgehead atoms. The molecule has 0 aliphatic carbocycles. The van der Waals surface area contributed by atoms with Gasteiger partial charge >= 0.3 is 0 Å². The third-order valence-corrected chi connectivity index (χ3v) is 5.30. The highest BCUT2D eigenvalue weighted by molar-refractivity contribution is 5.77. The lowest BCUT2D eigenvalue weighted by Crippen LogP contribution is -2.49. The van der Waals surface area contributed by atoms with Gasteiger partial charge in [0.15, 0.2) is 0 Å². The minimum atomic E-state index is 0.162. The Morgan fingerprint density at radius 2 is 1.38 bits per heavy atom. The maximum atomic E-state index is 12.6. The van der Waals surface area contributed by atoms with E-state index in [1.807, 2.05) is 47.4 Å². The first-order valence-electron chi connectivity index (χ1n) is 10.2. The van der Waals surface area contributed by atoms with Crippen LogP contribution in [0.2, 0.25) is 0 Å². The minimum absolute atomic E-state index is 0.162. The molecule has 0 aromatic heterocycles. The Kier molecular flexibility index (Phi) is 6.10. The highest BCUT2D eigenvalue weighted by Gasteiger charge is 2.21. The summed E-state index contributed by atoms with van der Waals surface area (Å²) in [6.45, 7) is 3.64. The van der Waals surface area contributed by atoms with Crippen LogP contribution in [0.3, 0.4) is 0 Å². The fourth-order valence-electron chi connectivity index (χ4n) is 3.71. The van der Waals surface area contributed by atoms with Crippen molar-refractivity contribution in [1.82, 2.24) is 4.90 Å². The molecule has 4 nitrogen and oxygen atoms in total. The lowest BCUT2D eigenvalue weighted by molar-refractivity contribution is -0.132. The smallest absolute Gasteiger partial charge is 0.226 e. The molecule has 29 heavy (non-hydrogen) atoms. The van der Waals surface area contributed by atoms with Crippen molar-refractivity contribution in [2.75, 3.05) is 37.7 Å². The van der Waals surface area contributed by atoms with Crippen LogP contribution < -0.4 is 9.64 Å². The molecule has 0 unspecified atom stereocenters. The Hall–Kier alpha value is -3.27. The van der Waals surface area contributed by atoms with Gasteiger partial charge in [0.25, 0.3) is 0 Å². The number of rotatable bonds is 6. The number of piperazine rings is 1. The lowest BCUT2D eigenvalue weighted by atomic mass is 10.1. The zero-order valence-corrected chi connectivity index (χ0v) is 16.5. The SMILES string of the molecule is O=C(CCOc1ccccc1-c1ccccc1)N1CCN(c2ccccc2)CC1. The second-order valence-corrected chi connectivity index (χ2v) is 7.16. The van der Waals surface area contributed by atoms with Crippen LogP contribution in [0.4, 0.5) is 5.69 Å². The van der Waals surface area contributed by atoms with Gasteiger partial charge in [-0.25, -0.2) is 0 Å². The first-order valence-corrected chi connectivity index (χ1v) is 10.2. The zero-order valence-electron chi connectivity index (χ0n) is 16.5. The highest BCUT2D eigenvalue weighted by atomic mass is 16.5. The molecular weight excluding hydrogens is 360 g/mol. The van der Waals surface area contributed by atoms with Crippen LogP contribution in [0.1, 0.15) is 6.42 Å². The highest BCUT2D eigenvalue weighted by Crippen LogP contribution is 2.29. The Labute approximate surface area is 172 Å². The predicted octanol–water partition coefficient (Wildman–Crippen LogP) is 4.47. The number of carbonyl (C=O) groups is 1. The van der Waals surface area contributed by atoms with Crippen LogP contribution in [0, 0.1) is 0 Å². The Morgan fingerprint density at radius 1 is 0.759 bits per heavy atom. The maximum absolute atomic E-state index is 12.6. The van der Waals surface area contributed by atoms with E-state index in [9.17, 15) is 4.79 Å². The molecule has 0 radical (unpaired) electrons. The molecule has 1 saturated heterocycles. The lowest BCUT2D eigenvalue weighted by Gasteiger charge is -2.36. The van der Waals surface area contributed by atoms with E-state index in [4.69, 9.17) is 4.74 Å². The summed E-state index contributed by atoms with van der Waals surface area (Å²) in [5, 5.41) is 0. The molecule has 3 aromatic carbocycles. The van der Waals surface area contributed by atoms with Crippen molar-refractivity contribution in [3.8, 4) is 16.9 Å². The summed E-state index contributed by atoms with van der Waals surface area (Å²) in [6, 6.07) is 28.5. The van der Waals surface area contributed by atoms with E-state index < -0.39 is 0 Å². The fourth-order valence-corrected chi connectivity index (χ4v) is 3.71. The fraction of sp³-hybridized carbons (Fsp3) is 0.240. The summed E-state index contributed by atoms with van der Waals surface area (Å²) in [5.74, 6) is 0.982. The summed E-state index contributed by atoms with van der Waals surface area (Å²) >= 11 is 0. The number of amides is 1. The molecule has 4 rings (SSSR count). The van der Waals surface area contributed by atoms with E-state index in [2.05, 4.69) is 47.4 Å². The normalized spacial score (nSPS) is 13.9. The van der Waals surface area contributed by atoms with Gasteiger partial charge in [-0.15, -0.1) is 0 Å². The summed E-state index contributed by atoms with van der Waals surface area (Å²) in [5.41, 5.74) is 3.39. The van der Waals surface area contributed by atoms with E-state index in [-0.39, 0.29) is 5.91 Å². The molecule has 0 N–H and O–H groups in total. The predicted molar refractivity (Wildman–Crippen MR) is 117 cm³/mol. The summed E-state index contributed by atoms with van der Waals surface area (Å²) in [6.07, 6.45) is 0.397. The van der Waals surface area contributed by atoms with Gasteiger partial charge in [0, 0.05) is 37.4 Å². The van der Waals surface area contributed by atoms with Crippen molar-refractivity contribution in [3.63, 3.8) is 0 Å². The molecule has 1 fully saturated rings. The third kappa shape index (κ3) is 4.77. The first kappa shape index (κ1) is 19.1. The molecule has 3 aromatic rings. The average Bonchev–Trinajstić information content (AvgIpc) is 2.80. The molecule has 0 spiro atoms. The van der Waals surface area contributed by atoms with E-state index in [0.29, 0.717) is 13.0 Å². The van der Waals surface area contributed by atoms with E-state index >= 15 is 0 Å². The van der Waals surface area contributed by atoms with E-state index in [1.165, 1.54) is 5.69 Å². The average molecular weight is 386 g/mol.